The van der Waals surface area contributed by atoms with Gasteiger partial charge in [0, 0.05) is 23.7 Å². The molecule has 5 saturated heterocycles. The van der Waals surface area contributed by atoms with Gasteiger partial charge in [-0.25, -0.2) is 9.59 Å². The maximum absolute atomic E-state index is 13.4. The predicted molar refractivity (Wildman–Crippen MR) is 316 cm³/mol. The summed E-state index contributed by atoms with van der Waals surface area (Å²) in [6.07, 6.45) is -9.08. The van der Waals surface area contributed by atoms with Crippen LogP contribution in [0, 0.1) is 47.3 Å². The second kappa shape index (κ2) is 32.0. The van der Waals surface area contributed by atoms with Crippen LogP contribution in [0.1, 0.15) is 120 Å². The molecule has 0 saturated carbocycles. The van der Waals surface area contributed by atoms with Crippen LogP contribution >= 0.6 is 34.8 Å². The topological polar surface area (TPSA) is 196 Å². The zero-order chi connectivity index (χ0) is 61.0. The third kappa shape index (κ3) is 17.5. The highest BCUT2D eigenvalue weighted by Crippen LogP contribution is 2.44. The molecule has 25 atom stereocenters. The van der Waals surface area contributed by atoms with Gasteiger partial charge in [0.2, 0.25) is 3.79 Å². The number of alkyl halides is 3. The second-order valence-corrected chi connectivity index (χ2v) is 26.2. The predicted octanol–water partition coefficient (Wildman–Crippen LogP) is 11.8. The summed E-state index contributed by atoms with van der Waals surface area (Å²) < 4.78 is 90.5. The van der Waals surface area contributed by atoms with Crippen molar-refractivity contribution < 1.29 is 81.0 Å². The van der Waals surface area contributed by atoms with E-state index < -0.39 is 127 Å². The van der Waals surface area contributed by atoms with Crippen molar-refractivity contribution in [2.45, 2.75) is 230 Å². The largest absolute Gasteiger partial charge is 0.509 e. The number of alkyl carbamates (subject to hydrolysis) is 1. The number of carbonyl (C=O) groups excluding carboxylic acids is 2. The number of ether oxygens (including phenoxy) is 14. The van der Waals surface area contributed by atoms with Gasteiger partial charge in [0.25, 0.3) is 0 Å². The van der Waals surface area contributed by atoms with Gasteiger partial charge in [-0.3, -0.25) is 0 Å². The van der Waals surface area contributed by atoms with Crippen molar-refractivity contribution in [3.63, 3.8) is 0 Å². The lowest BCUT2D eigenvalue weighted by Crippen LogP contribution is -2.64. The van der Waals surface area contributed by atoms with E-state index in [2.05, 4.69) is 53.4 Å². The van der Waals surface area contributed by atoms with Crippen LogP contribution in [0.15, 0.2) is 73.3 Å². The Morgan fingerprint density at radius 3 is 1.62 bits per heavy atom. The number of rotatable bonds is 24. The highest BCUT2D eigenvalue weighted by Gasteiger charge is 2.55. The van der Waals surface area contributed by atoms with E-state index in [0.717, 1.165) is 17.5 Å². The molecular formula is C63H94Cl3NO17. The minimum absolute atomic E-state index is 0.0182. The average molecular weight is 1240 g/mol. The molecule has 474 valence electrons. The summed E-state index contributed by atoms with van der Waals surface area (Å²) in [6, 6.07) is 18.7. The van der Waals surface area contributed by atoms with Crippen molar-refractivity contribution >= 4 is 47.1 Å². The minimum atomic E-state index is -1.82. The highest BCUT2D eigenvalue weighted by atomic mass is 35.6. The van der Waals surface area contributed by atoms with Gasteiger partial charge in [-0.05, 0) is 60.5 Å². The van der Waals surface area contributed by atoms with Gasteiger partial charge < -0.3 is 76.7 Å². The molecule has 7 rings (SSSR count). The summed E-state index contributed by atoms with van der Waals surface area (Å²) >= 11 is 17.9. The van der Waals surface area contributed by atoms with Gasteiger partial charge in [0.05, 0.1) is 74.7 Å². The molecule has 5 heterocycles. The lowest BCUT2D eigenvalue weighted by Gasteiger charge is -2.52. The molecule has 84 heavy (non-hydrogen) atoms. The molecule has 2 aromatic carbocycles. The number of hydrogen-bond donors (Lipinski definition) is 2. The maximum Gasteiger partial charge on any atom is 0.509 e. The SMILES string of the molecule is C=CCOC(=O)OC1[C@@H](OCC2O[C@@H](O[C@@H]3C(CC)O[C@@H](O[C@@H]4C(CC)O[C@@H](OCc5ccccc5)C(NC(=O)OCC(Cl)(Cl)Cl)[C@H]4C)C(C)[C@H]3C)C(OCc3ccccc3)[C@@H](O[C@@H]3OC(CC)[C@H](C)C(C)[C@@H]3O)[C@@H]2C)OC(CC)[C@@H](C)[C@@H]1C. The van der Waals surface area contributed by atoms with Gasteiger partial charge in [0.1, 0.15) is 25.4 Å². The molecule has 2 aromatic rings. The molecule has 21 heteroatoms. The number of hydrogen-bond acceptors (Lipinski definition) is 17. The Morgan fingerprint density at radius 2 is 1.04 bits per heavy atom. The Hall–Kier alpha value is -2.89. The van der Waals surface area contributed by atoms with Crippen molar-refractivity contribution in [1.29, 1.82) is 0 Å². The molecule has 5 fully saturated rings. The summed E-state index contributed by atoms with van der Waals surface area (Å²) in [7, 11) is 0. The van der Waals surface area contributed by atoms with E-state index in [1.54, 1.807) is 0 Å². The maximum atomic E-state index is 13.4. The van der Waals surface area contributed by atoms with Gasteiger partial charge in [-0.1, -0.05) is 191 Å². The zero-order valence-corrected chi connectivity index (χ0v) is 53.2. The van der Waals surface area contributed by atoms with Crippen molar-refractivity contribution in [3.05, 3.63) is 84.4 Å². The first-order valence-electron chi connectivity index (χ1n) is 30.4. The molecule has 0 radical (unpaired) electrons. The van der Waals surface area contributed by atoms with Gasteiger partial charge in [-0.2, -0.15) is 0 Å². The van der Waals surface area contributed by atoms with Crippen LogP contribution in [0.3, 0.4) is 0 Å². The molecule has 0 aliphatic carbocycles. The summed E-state index contributed by atoms with van der Waals surface area (Å²) in [4.78, 5) is 26.4. The summed E-state index contributed by atoms with van der Waals surface area (Å²) in [5.74, 6) is -1.55. The molecule has 2 N–H and O–H groups in total. The Balaban J connectivity index is 1.18. The standard InChI is InChI=1S/C63H94Cl3NO17/c1-14-29-71-62(70)84-54-37(9)35(7)45(16-3)77-59(54)74-32-48-40(12)53(83-58-50(68)36(8)34(6)44(15-2)76-58)55(72-30-42-25-21-19-22-26-42)60(80-48)82-51-38(10)39(11)56(78-46(51)17-4)81-52-41(13)49(67-61(69)75-33-63(64,65)66)57(79-47(52)18-5)73-31-43-27-23-20-24-28-43/h14,19-28,34-41,44-60,68H,1,15-18,29-33H2,2-13H3,(H,67,69)/t34-,35+,36?,37+,38-,39?,40-,41-,44?,45?,46?,47?,48?,49?,50+,51+,52+,53+,54?,55?,56+,57-,58+,59+,60+/m1/s1. The molecule has 0 aromatic heterocycles. The first kappa shape index (κ1) is 68.6. The molecule has 0 spiro atoms. The molecule has 5 aliphatic rings. The fourth-order valence-corrected chi connectivity index (χ4v) is 12.5. The van der Waals surface area contributed by atoms with Gasteiger partial charge in [-0.15, -0.1) is 0 Å². The monoisotopic (exact) mass is 1240 g/mol. The Bertz CT molecular complexity index is 2300. The molecular weight excluding hydrogens is 1150 g/mol. The molecule has 1 amide bonds. The Labute approximate surface area is 513 Å². The number of aliphatic hydroxyl groups is 1. The summed E-state index contributed by atoms with van der Waals surface area (Å²) in [6.45, 7) is 28.1. The summed E-state index contributed by atoms with van der Waals surface area (Å²) in [5, 5.41) is 14.8. The van der Waals surface area contributed by atoms with Gasteiger partial charge in [0.15, 0.2) is 37.6 Å². The van der Waals surface area contributed by atoms with Crippen LogP contribution in [-0.2, 0) is 79.5 Å². The van der Waals surface area contributed by atoms with E-state index in [9.17, 15) is 14.7 Å². The lowest BCUT2D eigenvalue weighted by atomic mass is 9.82. The van der Waals surface area contributed by atoms with Crippen molar-refractivity contribution in [1.82, 2.24) is 5.32 Å². The summed E-state index contributed by atoms with van der Waals surface area (Å²) in [5.41, 5.74) is 1.84. The van der Waals surface area contributed by atoms with Crippen LogP contribution < -0.4 is 5.32 Å². The number of nitrogens with one attached hydrogen (secondary N) is 1. The minimum Gasteiger partial charge on any atom is -0.445 e. The van der Waals surface area contributed by atoms with Crippen LogP contribution in [0.4, 0.5) is 9.59 Å². The van der Waals surface area contributed by atoms with Crippen LogP contribution in [0.2, 0.25) is 0 Å². The second-order valence-electron chi connectivity index (χ2n) is 23.7. The molecule has 18 nitrogen and oxygen atoms in total. The lowest BCUT2D eigenvalue weighted by molar-refractivity contribution is -0.377. The number of halogens is 3. The zero-order valence-electron chi connectivity index (χ0n) is 51.0. The van der Waals surface area contributed by atoms with E-state index >= 15 is 0 Å². The molecule has 5 aliphatic heterocycles. The number of aliphatic hydroxyl groups excluding tert-OH is 1. The van der Waals surface area contributed by atoms with E-state index in [1.165, 1.54) is 6.08 Å². The number of carbonyl (C=O) groups is 2. The first-order valence-corrected chi connectivity index (χ1v) is 31.5. The third-order valence-corrected chi connectivity index (χ3v) is 18.5. The molecule has 10 unspecified atom stereocenters. The quantitative estimate of drug-likeness (QED) is 0.0571. The van der Waals surface area contributed by atoms with E-state index in [-0.39, 0.29) is 74.1 Å². The smallest absolute Gasteiger partial charge is 0.445 e. The Morgan fingerprint density at radius 1 is 0.536 bits per heavy atom. The van der Waals surface area contributed by atoms with Crippen molar-refractivity contribution in [3.8, 4) is 0 Å². The fraction of sp³-hybridized carbons (Fsp3) is 0.746. The van der Waals surface area contributed by atoms with E-state index in [1.807, 2.05) is 102 Å². The van der Waals surface area contributed by atoms with E-state index in [0.29, 0.717) is 19.3 Å². The molecule has 0 bridgehead atoms. The number of amides is 1. The highest BCUT2D eigenvalue weighted by molar-refractivity contribution is 6.67. The fourth-order valence-electron chi connectivity index (χ4n) is 12.3. The van der Waals surface area contributed by atoms with Crippen LogP contribution in [0.25, 0.3) is 0 Å². The van der Waals surface area contributed by atoms with Crippen LogP contribution in [0.5, 0.6) is 0 Å². The average Bonchev–Trinajstić information content (AvgIpc) is 1.87. The number of benzene rings is 2. The third-order valence-electron chi connectivity index (χ3n) is 18.2. The van der Waals surface area contributed by atoms with Crippen molar-refractivity contribution in [2.24, 2.45) is 47.3 Å². The first-order chi connectivity index (χ1) is 40.1. The van der Waals surface area contributed by atoms with Crippen LogP contribution in [-0.4, -0.2) is 146 Å². The van der Waals surface area contributed by atoms with Gasteiger partial charge >= 0.3 is 12.2 Å². The van der Waals surface area contributed by atoms with E-state index in [4.69, 9.17) is 101 Å². The Kier molecular flexibility index (Phi) is 26.2. The normalized spacial score (nSPS) is 39.2. The van der Waals surface area contributed by atoms with Crippen molar-refractivity contribution in [2.75, 3.05) is 19.8 Å².